The molecule has 3 aromatic rings. The van der Waals surface area contributed by atoms with Gasteiger partial charge in [-0.2, -0.15) is 5.10 Å². The summed E-state index contributed by atoms with van der Waals surface area (Å²) in [5.41, 5.74) is 3.88. The number of nitrogens with zero attached hydrogens (tertiary/aromatic N) is 1. The van der Waals surface area contributed by atoms with Crippen molar-refractivity contribution in [3.05, 3.63) is 94.8 Å². The summed E-state index contributed by atoms with van der Waals surface area (Å²) in [4.78, 5) is 23.8. The molecular weight excluding hydrogens is 421 g/mol. The molecule has 0 atom stereocenters. The number of amides is 2. The highest BCUT2D eigenvalue weighted by molar-refractivity contribution is 6.30. The van der Waals surface area contributed by atoms with E-state index in [2.05, 4.69) is 15.8 Å². The van der Waals surface area contributed by atoms with Gasteiger partial charge in [-0.15, -0.1) is 0 Å². The largest absolute Gasteiger partial charge is 0.488 e. The highest BCUT2D eigenvalue weighted by atomic mass is 35.5. The standard InChI is InChI=1S/C23H19ClFN3O3/c24-18-11-9-16(10-12-18)15-31-21-8-4-1-5-17(21)14-26-28-23(30)13-22(29)27-20-7-3-2-6-19(20)25/h1-12,14H,13,15H2,(H,27,29)(H,28,30). The number of carbonyl (C=O) groups excluding carboxylic acids is 2. The number of hydrogen-bond donors (Lipinski definition) is 2. The van der Waals surface area contributed by atoms with Crippen LogP contribution in [0.15, 0.2) is 77.9 Å². The normalized spacial score (nSPS) is 10.6. The summed E-state index contributed by atoms with van der Waals surface area (Å²) in [5, 5.41) is 6.86. The Kier molecular flexibility index (Phi) is 7.73. The lowest BCUT2D eigenvalue weighted by Crippen LogP contribution is -2.25. The zero-order valence-electron chi connectivity index (χ0n) is 16.3. The number of halogens is 2. The van der Waals surface area contributed by atoms with Crippen molar-refractivity contribution < 1.29 is 18.7 Å². The van der Waals surface area contributed by atoms with Gasteiger partial charge in [-0.05, 0) is 42.0 Å². The van der Waals surface area contributed by atoms with Crippen LogP contribution in [0.4, 0.5) is 10.1 Å². The number of hydrogen-bond acceptors (Lipinski definition) is 4. The van der Waals surface area contributed by atoms with E-state index in [1.54, 1.807) is 36.4 Å². The van der Waals surface area contributed by atoms with E-state index in [0.29, 0.717) is 22.9 Å². The monoisotopic (exact) mass is 439 g/mol. The molecular formula is C23H19ClFN3O3. The minimum atomic E-state index is -0.649. The summed E-state index contributed by atoms with van der Waals surface area (Å²) in [6.07, 6.45) is 0.921. The molecule has 0 spiro atoms. The van der Waals surface area contributed by atoms with Gasteiger partial charge in [0.2, 0.25) is 11.8 Å². The van der Waals surface area contributed by atoms with E-state index < -0.39 is 24.1 Å². The molecule has 3 aromatic carbocycles. The van der Waals surface area contributed by atoms with Gasteiger partial charge in [0, 0.05) is 10.6 Å². The maximum Gasteiger partial charge on any atom is 0.249 e. The topological polar surface area (TPSA) is 79.8 Å². The first-order valence-electron chi connectivity index (χ1n) is 9.34. The van der Waals surface area contributed by atoms with Crippen molar-refractivity contribution in [2.75, 3.05) is 5.32 Å². The van der Waals surface area contributed by atoms with Crippen molar-refractivity contribution in [3.63, 3.8) is 0 Å². The molecule has 0 aliphatic carbocycles. The highest BCUT2D eigenvalue weighted by Crippen LogP contribution is 2.18. The van der Waals surface area contributed by atoms with Crippen LogP contribution in [0.5, 0.6) is 5.75 Å². The van der Waals surface area contributed by atoms with Gasteiger partial charge in [-0.3, -0.25) is 9.59 Å². The van der Waals surface area contributed by atoms with E-state index in [4.69, 9.17) is 16.3 Å². The molecule has 0 heterocycles. The maximum atomic E-state index is 13.5. The molecule has 0 unspecified atom stereocenters. The first kappa shape index (κ1) is 22.0. The minimum Gasteiger partial charge on any atom is -0.488 e. The van der Waals surface area contributed by atoms with Gasteiger partial charge in [0.25, 0.3) is 0 Å². The lowest BCUT2D eigenvalue weighted by Gasteiger charge is -2.09. The Morgan fingerprint density at radius 1 is 0.968 bits per heavy atom. The number of nitrogens with one attached hydrogen (secondary N) is 2. The molecule has 0 saturated carbocycles. The number of rotatable bonds is 8. The molecule has 31 heavy (non-hydrogen) atoms. The predicted octanol–water partition coefficient (Wildman–Crippen LogP) is 4.54. The number of ether oxygens (including phenoxy) is 1. The van der Waals surface area contributed by atoms with Crippen LogP contribution < -0.4 is 15.5 Å². The molecule has 6 nitrogen and oxygen atoms in total. The number of hydrazone groups is 1. The first-order valence-corrected chi connectivity index (χ1v) is 9.71. The molecule has 158 valence electrons. The van der Waals surface area contributed by atoms with Crippen LogP contribution in [-0.4, -0.2) is 18.0 Å². The fourth-order valence-corrected chi connectivity index (χ4v) is 2.70. The summed E-state index contributed by atoms with van der Waals surface area (Å²) in [6.45, 7) is 0.338. The Labute approximate surface area is 183 Å². The van der Waals surface area contributed by atoms with Crippen molar-refractivity contribution in [1.82, 2.24) is 5.43 Å². The highest BCUT2D eigenvalue weighted by Gasteiger charge is 2.11. The Hall–Kier alpha value is -3.71. The van der Waals surface area contributed by atoms with Crippen LogP contribution in [0.25, 0.3) is 0 Å². The van der Waals surface area contributed by atoms with Gasteiger partial charge < -0.3 is 10.1 Å². The van der Waals surface area contributed by atoms with Crippen molar-refractivity contribution >= 4 is 35.3 Å². The van der Waals surface area contributed by atoms with Gasteiger partial charge in [0.1, 0.15) is 24.6 Å². The van der Waals surface area contributed by atoms with Crippen LogP contribution in [0.2, 0.25) is 5.02 Å². The molecule has 0 aliphatic rings. The fraction of sp³-hybridized carbons (Fsp3) is 0.0870. The predicted molar refractivity (Wildman–Crippen MR) is 118 cm³/mol. The van der Waals surface area contributed by atoms with E-state index in [-0.39, 0.29) is 5.69 Å². The molecule has 3 rings (SSSR count). The van der Waals surface area contributed by atoms with Gasteiger partial charge in [0.15, 0.2) is 0 Å². The Balaban J connectivity index is 1.52. The van der Waals surface area contributed by atoms with Crippen molar-refractivity contribution in [1.29, 1.82) is 0 Å². The van der Waals surface area contributed by atoms with Gasteiger partial charge >= 0.3 is 0 Å². The van der Waals surface area contributed by atoms with Gasteiger partial charge in [-0.1, -0.05) is 48.0 Å². The third kappa shape index (κ3) is 6.94. The van der Waals surface area contributed by atoms with E-state index >= 15 is 0 Å². The van der Waals surface area contributed by atoms with Gasteiger partial charge in [-0.25, -0.2) is 9.82 Å². The molecule has 2 N–H and O–H groups in total. The SMILES string of the molecule is O=C(CC(=O)Nc1ccccc1F)NN=Cc1ccccc1OCc1ccc(Cl)cc1. The summed E-state index contributed by atoms with van der Waals surface area (Å²) < 4.78 is 19.4. The minimum absolute atomic E-state index is 0.00978. The molecule has 8 heteroatoms. The molecule has 0 aromatic heterocycles. The lowest BCUT2D eigenvalue weighted by atomic mass is 10.2. The summed E-state index contributed by atoms with van der Waals surface area (Å²) >= 11 is 5.88. The van der Waals surface area contributed by atoms with Crippen LogP contribution in [0.3, 0.4) is 0 Å². The number of para-hydroxylation sites is 2. The zero-order valence-corrected chi connectivity index (χ0v) is 17.1. The van der Waals surface area contributed by atoms with E-state index in [1.807, 2.05) is 18.2 Å². The van der Waals surface area contributed by atoms with Crippen LogP contribution in [0.1, 0.15) is 17.5 Å². The molecule has 0 bridgehead atoms. The van der Waals surface area contributed by atoms with Gasteiger partial charge in [0.05, 0.1) is 11.9 Å². The van der Waals surface area contributed by atoms with E-state index in [1.165, 1.54) is 24.4 Å². The summed E-state index contributed by atoms with van der Waals surface area (Å²) in [6, 6.07) is 20.2. The van der Waals surface area contributed by atoms with E-state index in [0.717, 1.165) is 5.56 Å². The molecule has 2 amide bonds. The average Bonchev–Trinajstić information content (AvgIpc) is 2.76. The first-order chi connectivity index (χ1) is 15.0. The second-order valence-electron chi connectivity index (χ2n) is 6.45. The zero-order chi connectivity index (χ0) is 22.1. The van der Waals surface area contributed by atoms with Crippen molar-refractivity contribution in [2.24, 2.45) is 5.10 Å². The molecule has 0 fully saturated rings. The lowest BCUT2D eigenvalue weighted by molar-refractivity contribution is -0.126. The molecule has 0 aliphatic heterocycles. The van der Waals surface area contributed by atoms with Crippen LogP contribution >= 0.6 is 11.6 Å². The van der Waals surface area contributed by atoms with Crippen LogP contribution in [0, 0.1) is 5.82 Å². The van der Waals surface area contributed by atoms with Crippen LogP contribution in [-0.2, 0) is 16.2 Å². The van der Waals surface area contributed by atoms with Crippen molar-refractivity contribution in [3.8, 4) is 5.75 Å². The fourth-order valence-electron chi connectivity index (χ4n) is 2.58. The number of carbonyl (C=O) groups is 2. The van der Waals surface area contributed by atoms with E-state index in [9.17, 15) is 14.0 Å². The van der Waals surface area contributed by atoms with Crippen molar-refractivity contribution in [2.45, 2.75) is 13.0 Å². The Bertz CT molecular complexity index is 1090. The number of benzene rings is 3. The third-order valence-corrected chi connectivity index (χ3v) is 4.34. The second kappa shape index (κ2) is 10.9. The third-order valence-electron chi connectivity index (χ3n) is 4.09. The Morgan fingerprint density at radius 3 is 2.45 bits per heavy atom. The second-order valence-corrected chi connectivity index (χ2v) is 6.89. The number of anilines is 1. The summed E-state index contributed by atoms with van der Waals surface area (Å²) in [7, 11) is 0. The quantitative estimate of drug-likeness (QED) is 0.307. The average molecular weight is 440 g/mol. The molecule has 0 radical (unpaired) electrons. The maximum absolute atomic E-state index is 13.5. The summed E-state index contributed by atoms with van der Waals surface area (Å²) in [5.74, 6) is -1.29. The smallest absolute Gasteiger partial charge is 0.249 e. The Morgan fingerprint density at radius 2 is 1.68 bits per heavy atom. The molecule has 0 saturated heterocycles.